The molecule has 0 atom stereocenters. The molecule has 0 aliphatic heterocycles. The van der Waals surface area contributed by atoms with Crippen molar-refractivity contribution in [3.05, 3.63) is 42.2 Å². The Labute approximate surface area is 87.7 Å². The summed E-state index contributed by atoms with van der Waals surface area (Å²) in [6.07, 6.45) is 1.62. The van der Waals surface area contributed by atoms with Crippen molar-refractivity contribution < 1.29 is 0 Å². The van der Waals surface area contributed by atoms with Gasteiger partial charge in [-0.05, 0) is 18.1 Å². The van der Waals surface area contributed by atoms with Crippen LogP contribution in [0.5, 0.6) is 0 Å². The Morgan fingerprint density at radius 3 is 2.80 bits per heavy atom. The number of aromatic nitrogens is 3. The van der Waals surface area contributed by atoms with Crippen molar-refractivity contribution >= 4 is 0 Å². The van der Waals surface area contributed by atoms with Gasteiger partial charge in [-0.2, -0.15) is 0 Å². The molecule has 0 amide bonds. The van der Waals surface area contributed by atoms with Crippen molar-refractivity contribution in [2.24, 2.45) is 5.73 Å². The normalized spacial score (nSPS) is 9.40. The number of hydrogen-bond acceptors (Lipinski definition) is 3. The molecule has 1 aromatic heterocycles. The zero-order chi connectivity index (χ0) is 10.5. The van der Waals surface area contributed by atoms with E-state index < -0.39 is 0 Å². The van der Waals surface area contributed by atoms with Crippen LogP contribution in [-0.2, 0) is 0 Å². The van der Waals surface area contributed by atoms with Crippen molar-refractivity contribution in [2.45, 2.75) is 0 Å². The SMILES string of the molecule is NCC#Cc1cnnn1-c1ccccc1. The number of nitrogens with zero attached hydrogens (tertiary/aromatic N) is 3. The fourth-order valence-electron chi connectivity index (χ4n) is 1.22. The summed E-state index contributed by atoms with van der Waals surface area (Å²) in [6, 6.07) is 9.73. The number of nitrogens with two attached hydrogens (primary N) is 1. The van der Waals surface area contributed by atoms with E-state index in [1.54, 1.807) is 10.9 Å². The molecule has 74 valence electrons. The Morgan fingerprint density at radius 1 is 1.27 bits per heavy atom. The Kier molecular flexibility index (Phi) is 2.77. The first-order chi connectivity index (χ1) is 7.42. The first-order valence-electron chi connectivity index (χ1n) is 4.57. The average molecular weight is 198 g/mol. The molecular weight excluding hydrogens is 188 g/mol. The number of rotatable bonds is 1. The van der Waals surface area contributed by atoms with Gasteiger partial charge >= 0.3 is 0 Å². The van der Waals surface area contributed by atoms with Crippen molar-refractivity contribution in [3.63, 3.8) is 0 Å². The molecule has 1 heterocycles. The fourth-order valence-corrected chi connectivity index (χ4v) is 1.22. The standard InChI is InChI=1S/C11H10N4/c12-8-4-7-11-9-13-14-15(11)10-5-2-1-3-6-10/h1-3,5-6,9H,8,12H2. The molecule has 15 heavy (non-hydrogen) atoms. The predicted octanol–water partition coefficient (Wildman–Crippen LogP) is 0.577. The Hall–Kier alpha value is -2.12. The summed E-state index contributed by atoms with van der Waals surface area (Å²) in [5, 5.41) is 7.78. The minimum atomic E-state index is 0.333. The van der Waals surface area contributed by atoms with Gasteiger partial charge in [-0.3, -0.25) is 0 Å². The number of para-hydroxylation sites is 1. The van der Waals surface area contributed by atoms with Crippen molar-refractivity contribution in [1.29, 1.82) is 0 Å². The van der Waals surface area contributed by atoms with Crippen molar-refractivity contribution in [2.75, 3.05) is 6.54 Å². The lowest BCUT2D eigenvalue weighted by Crippen LogP contribution is -2.00. The molecule has 0 aliphatic rings. The van der Waals surface area contributed by atoms with Crippen LogP contribution in [0.1, 0.15) is 5.69 Å². The van der Waals surface area contributed by atoms with Crippen LogP contribution in [-0.4, -0.2) is 21.5 Å². The summed E-state index contributed by atoms with van der Waals surface area (Å²) in [5.74, 6) is 5.69. The van der Waals surface area contributed by atoms with Gasteiger partial charge in [0.2, 0.25) is 0 Å². The number of benzene rings is 1. The quantitative estimate of drug-likeness (QED) is 0.682. The average Bonchev–Trinajstić information content (AvgIpc) is 2.75. The minimum absolute atomic E-state index is 0.333. The molecule has 4 heteroatoms. The van der Waals surface area contributed by atoms with Gasteiger partial charge in [0.1, 0.15) is 5.69 Å². The first kappa shape index (κ1) is 9.44. The summed E-state index contributed by atoms with van der Waals surface area (Å²) in [4.78, 5) is 0. The lowest BCUT2D eigenvalue weighted by atomic mass is 10.3. The van der Waals surface area contributed by atoms with Crippen LogP contribution >= 0.6 is 0 Å². The molecule has 2 rings (SSSR count). The van der Waals surface area contributed by atoms with Gasteiger partial charge in [0.25, 0.3) is 0 Å². The number of hydrogen-bond donors (Lipinski definition) is 1. The molecule has 0 bridgehead atoms. The molecule has 0 saturated heterocycles. The summed E-state index contributed by atoms with van der Waals surface area (Å²) in [6.45, 7) is 0.333. The molecule has 0 aliphatic carbocycles. The van der Waals surface area contributed by atoms with Gasteiger partial charge < -0.3 is 5.73 Å². The maximum absolute atomic E-state index is 5.31. The molecule has 2 aromatic rings. The smallest absolute Gasteiger partial charge is 0.137 e. The Balaban J connectivity index is 2.42. The van der Waals surface area contributed by atoms with Crippen molar-refractivity contribution in [1.82, 2.24) is 15.0 Å². The molecular formula is C11H10N4. The van der Waals surface area contributed by atoms with Gasteiger partial charge in [0.05, 0.1) is 18.4 Å². The monoisotopic (exact) mass is 198 g/mol. The third-order valence-electron chi connectivity index (χ3n) is 1.87. The Morgan fingerprint density at radius 2 is 2.07 bits per heavy atom. The van der Waals surface area contributed by atoms with Gasteiger partial charge in [-0.15, -0.1) is 5.10 Å². The van der Waals surface area contributed by atoms with E-state index in [1.165, 1.54) is 0 Å². The zero-order valence-electron chi connectivity index (χ0n) is 8.09. The van der Waals surface area contributed by atoms with Crippen LogP contribution in [0.2, 0.25) is 0 Å². The molecule has 0 radical (unpaired) electrons. The van der Waals surface area contributed by atoms with Crippen LogP contribution in [0.15, 0.2) is 36.5 Å². The zero-order valence-corrected chi connectivity index (χ0v) is 8.09. The predicted molar refractivity (Wildman–Crippen MR) is 57.3 cm³/mol. The second kappa shape index (κ2) is 4.40. The van der Waals surface area contributed by atoms with E-state index in [-0.39, 0.29) is 0 Å². The van der Waals surface area contributed by atoms with E-state index in [1.807, 2.05) is 30.3 Å². The second-order valence-electron chi connectivity index (χ2n) is 2.87. The van der Waals surface area contributed by atoms with Gasteiger partial charge in [0, 0.05) is 0 Å². The summed E-state index contributed by atoms with van der Waals surface area (Å²) >= 11 is 0. The van der Waals surface area contributed by atoms with Gasteiger partial charge in [-0.1, -0.05) is 29.3 Å². The summed E-state index contributed by atoms with van der Waals surface area (Å²) in [7, 11) is 0. The maximum atomic E-state index is 5.31. The highest BCUT2D eigenvalue weighted by Gasteiger charge is 2.01. The fraction of sp³-hybridized carbons (Fsp3) is 0.0909. The molecule has 0 saturated carbocycles. The van der Waals surface area contributed by atoms with E-state index in [9.17, 15) is 0 Å². The first-order valence-corrected chi connectivity index (χ1v) is 4.57. The van der Waals surface area contributed by atoms with Crippen LogP contribution in [0.25, 0.3) is 5.69 Å². The van der Waals surface area contributed by atoms with Crippen molar-refractivity contribution in [3.8, 4) is 17.5 Å². The molecule has 4 nitrogen and oxygen atoms in total. The van der Waals surface area contributed by atoms with E-state index in [4.69, 9.17) is 5.73 Å². The lowest BCUT2D eigenvalue weighted by Gasteiger charge is -2.00. The molecule has 1 aromatic carbocycles. The van der Waals surface area contributed by atoms with E-state index in [2.05, 4.69) is 22.2 Å². The summed E-state index contributed by atoms with van der Waals surface area (Å²) < 4.78 is 1.68. The Bertz CT molecular complexity index is 490. The van der Waals surface area contributed by atoms with E-state index in [0.717, 1.165) is 11.4 Å². The van der Waals surface area contributed by atoms with Gasteiger partial charge in [-0.25, -0.2) is 4.68 Å². The lowest BCUT2D eigenvalue weighted by molar-refractivity contribution is 0.797. The topological polar surface area (TPSA) is 56.7 Å². The molecule has 0 unspecified atom stereocenters. The summed E-state index contributed by atoms with van der Waals surface area (Å²) in [5.41, 5.74) is 6.99. The molecule has 0 fully saturated rings. The van der Waals surface area contributed by atoms with Crippen LogP contribution < -0.4 is 5.73 Å². The molecule has 0 spiro atoms. The third-order valence-corrected chi connectivity index (χ3v) is 1.87. The third kappa shape index (κ3) is 2.03. The van der Waals surface area contributed by atoms with Crippen LogP contribution in [0.4, 0.5) is 0 Å². The van der Waals surface area contributed by atoms with E-state index >= 15 is 0 Å². The maximum Gasteiger partial charge on any atom is 0.137 e. The largest absolute Gasteiger partial charge is 0.320 e. The van der Waals surface area contributed by atoms with Crippen LogP contribution in [0, 0.1) is 11.8 Å². The highest BCUT2D eigenvalue weighted by atomic mass is 15.4. The second-order valence-corrected chi connectivity index (χ2v) is 2.87. The van der Waals surface area contributed by atoms with Gasteiger partial charge in [0.15, 0.2) is 0 Å². The highest BCUT2D eigenvalue weighted by Crippen LogP contribution is 2.07. The molecule has 2 N–H and O–H groups in total. The van der Waals surface area contributed by atoms with E-state index in [0.29, 0.717) is 6.54 Å². The van der Waals surface area contributed by atoms with Crippen LogP contribution in [0.3, 0.4) is 0 Å². The minimum Gasteiger partial charge on any atom is -0.320 e. The highest BCUT2D eigenvalue weighted by molar-refractivity contribution is 5.37.